The minimum Gasteiger partial charge on any atom is -0.489 e. The average Bonchev–Trinajstić information content (AvgIpc) is 2.46. The molecule has 1 amide bonds. The predicted octanol–water partition coefficient (Wildman–Crippen LogP) is 4.42. The van der Waals surface area contributed by atoms with E-state index in [1.807, 2.05) is 31.2 Å². The molecule has 0 spiro atoms. The maximum atomic E-state index is 12.8. The quantitative estimate of drug-likeness (QED) is 0.778. The van der Waals surface area contributed by atoms with Crippen molar-refractivity contribution in [3.63, 3.8) is 0 Å². The van der Waals surface area contributed by atoms with Gasteiger partial charge >= 0.3 is 0 Å². The summed E-state index contributed by atoms with van der Waals surface area (Å²) < 4.78 is 5.65. The van der Waals surface area contributed by atoms with Crippen LogP contribution in [-0.2, 0) is 0 Å². The van der Waals surface area contributed by atoms with E-state index in [0.29, 0.717) is 28.0 Å². The molecule has 0 N–H and O–H groups in total. The monoisotopic (exact) mass is 321 g/mol. The van der Waals surface area contributed by atoms with Crippen LogP contribution in [0.1, 0.15) is 17.3 Å². The number of hydrogen-bond acceptors (Lipinski definition) is 2. The SMILES string of the molecule is C[C@H]1COc2ccccc2N1C(=O)c1ccc(Cl)cc1Cl. The summed E-state index contributed by atoms with van der Waals surface area (Å²) in [5.74, 6) is 0.550. The molecular formula is C16H13Cl2NO2. The van der Waals surface area contributed by atoms with Crippen LogP contribution in [0.25, 0.3) is 0 Å². The predicted molar refractivity (Wildman–Crippen MR) is 84.7 cm³/mol. The zero-order chi connectivity index (χ0) is 15.0. The number of hydrogen-bond donors (Lipinski definition) is 0. The van der Waals surface area contributed by atoms with Crippen molar-refractivity contribution in [1.82, 2.24) is 0 Å². The molecule has 1 heterocycles. The third kappa shape index (κ3) is 2.59. The summed E-state index contributed by atoms with van der Waals surface area (Å²) in [5.41, 5.74) is 1.19. The van der Waals surface area contributed by atoms with Gasteiger partial charge in [-0.2, -0.15) is 0 Å². The van der Waals surface area contributed by atoms with Crippen molar-refractivity contribution in [2.75, 3.05) is 11.5 Å². The van der Waals surface area contributed by atoms with Crippen LogP contribution in [0.4, 0.5) is 5.69 Å². The van der Waals surface area contributed by atoms with Crippen molar-refractivity contribution in [2.45, 2.75) is 13.0 Å². The summed E-state index contributed by atoms with van der Waals surface area (Å²) in [7, 11) is 0. The van der Waals surface area contributed by atoms with Crippen LogP contribution in [0.5, 0.6) is 5.75 Å². The molecule has 108 valence electrons. The van der Waals surface area contributed by atoms with Gasteiger partial charge in [-0.3, -0.25) is 9.69 Å². The van der Waals surface area contributed by atoms with Crippen LogP contribution in [0.3, 0.4) is 0 Å². The highest BCUT2D eigenvalue weighted by Gasteiger charge is 2.30. The average molecular weight is 322 g/mol. The Balaban J connectivity index is 2.05. The highest BCUT2D eigenvalue weighted by atomic mass is 35.5. The van der Waals surface area contributed by atoms with Crippen molar-refractivity contribution in [3.05, 3.63) is 58.1 Å². The molecule has 2 aromatic rings. The Hall–Kier alpha value is -1.71. The molecule has 0 fully saturated rings. The first kappa shape index (κ1) is 14.2. The van der Waals surface area contributed by atoms with Gasteiger partial charge in [0, 0.05) is 5.02 Å². The Kier molecular flexibility index (Phi) is 3.79. The molecule has 1 aliphatic rings. The van der Waals surface area contributed by atoms with E-state index in [9.17, 15) is 4.79 Å². The number of benzene rings is 2. The number of rotatable bonds is 1. The third-order valence-electron chi connectivity index (χ3n) is 3.43. The van der Waals surface area contributed by atoms with E-state index in [4.69, 9.17) is 27.9 Å². The zero-order valence-electron chi connectivity index (χ0n) is 11.3. The Labute approximate surface area is 133 Å². The van der Waals surface area contributed by atoms with E-state index in [-0.39, 0.29) is 11.9 Å². The van der Waals surface area contributed by atoms with Gasteiger partial charge in [0.15, 0.2) is 0 Å². The van der Waals surface area contributed by atoms with Gasteiger partial charge in [0.2, 0.25) is 0 Å². The topological polar surface area (TPSA) is 29.5 Å². The highest BCUT2D eigenvalue weighted by molar-refractivity contribution is 6.37. The molecule has 21 heavy (non-hydrogen) atoms. The Morgan fingerprint density at radius 1 is 1.24 bits per heavy atom. The molecule has 2 aromatic carbocycles. The number of amides is 1. The first-order valence-corrected chi connectivity index (χ1v) is 7.34. The lowest BCUT2D eigenvalue weighted by Crippen LogP contribution is -2.45. The second kappa shape index (κ2) is 5.58. The van der Waals surface area contributed by atoms with E-state index in [1.54, 1.807) is 23.1 Å². The number of carbonyl (C=O) groups excluding carboxylic acids is 1. The van der Waals surface area contributed by atoms with Gasteiger partial charge in [0.1, 0.15) is 12.4 Å². The molecule has 3 nitrogen and oxygen atoms in total. The smallest absolute Gasteiger partial charge is 0.260 e. The second-order valence-electron chi connectivity index (χ2n) is 4.93. The minimum absolute atomic E-state index is 0.0702. The molecule has 0 aromatic heterocycles. The third-order valence-corrected chi connectivity index (χ3v) is 3.97. The molecule has 5 heteroatoms. The molecule has 1 atom stereocenters. The summed E-state index contributed by atoms with van der Waals surface area (Å²) in [4.78, 5) is 14.6. The van der Waals surface area contributed by atoms with Crippen LogP contribution in [0, 0.1) is 0 Å². The number of para-hydroxylation sites is 2. The van der Waals surface area contributed by atoms with Crippen LogP contribution in [0.2, 0.25) is 10.0 Å². The van der Waals surface area contributed by atoms with Crippen LogP contribution < -0.4 is 9.64 Å². The van der Waals surface area contributed by atoms with Crippen molar-refractivity contribution in [1.29, 1.82) is 0 Å². The van der Waals surface area contributed by atoms with E-state index < -0.39 is 0 Å². The summed E-state index contributed by atoms with van der Waals surface area (Å²) in [5, 5.41) is 0.857. The van der Waals surface area contributed by atoms with Gasteiger partial charge in [0.05, 0.1) is 22.3 Å². The summed E-state index contributed by atoms with van der Waals surface area (Å²) in [6, 6.07) is 12.3. The molecule has 0 saturated carbocycles. The number of fused-ring (bicyclic) bond motifs is 1. The van der Waals surface area contributed by atoms with Crippen LogP contribution in [0.15, 0.2) is 42.5 Å². The number of halogens is 2. The summed E-state index contributed by atoms with van der Waals surface area (Å²) in [6.07, 6.45) is 0. The largest absolute Gasteiger partial charge is 0.489 e. The van der Waals surface area contributed by atoms with Crippen molar-refractivity contribution in [3.8, 4) is 5.75 Å². The van der Waals surface area contributed by atoms with Gasteiger partial charge < -0.3 is 4.74 Å². The van der Waals surface area contributed by atoms with Crippen molar-refractivity contribution < 1.29 is 9.53 Å². The fourth-order valence-electron chi connectivity index (χ4n) is 2.40. The summed E-state index contributed by atoms with van der Waals surface area (Å²) >= 11 is 12.0. The van der Waals surface area contributed by atoms with Gasteiger partial charge in [0.25, 0.3) is 5.91 Å². The fraction of sp³-hybridized carbons (Fsp3) is 0.188. The maximum absolute atomic E-state index is 12.8. The van der Waals surface area contributed by atoms with Crippen LogP contribution >= 0.6 is 23.2 Å². The minimum atomic E-state index is -0.153. The normalized spacial score (nSPS) is 17.1. The standard InChI is InChI=1S/C16H13Cl2NO2/c1-10-9-21-15-5-3-2-4-14(15)19(10)16(20)12-7-6-11(17)8-13(12)18/h2-8,10H,9H2,1H3/t10-/m0/s1. The number of nitrogens with zero attached hydrogens (tertiary/aromatic N) is 1. The first-order chi connectivity index (χ1) is 10.1. The number of ether oxygens (including phenoxy) is 1. The van der Waals surface area contributed by atoms with E-state index in [1.165, 1.54) is 0 Å². The fourth-order valence-corrected chi connectivity index (χ4v) is 2.89. The molecule has 0 aliphatic carbocycles. The number of carbonyl (C=O) groups is 1. The maximum Gasteiger partial charge on any atom is 0.260 e. The van der Waals surface area contributed by atoms with E-state index in [0.717, 1.165) is 5.69 Å². The van der Waals surface area contributed by atoms with E-state index in [2.05, 4.69) is 0 Å². The summed E-state index contributed by atoms with van der Waals surface area (Å²) in [6.45, 7) is 2.39. The van der Waals surface area contributed by atoms with Gasteiger partial charge in [-0.15, -0.1) is 0 Å². The molecule has 0 unspecified atom stereocenters. The van der Waals surface area contributed by atoms with Crippen molar-refractivity contribution in [2.24, 2.45) is 0 Å². The highest BCUT2D eigenvalue weighted by Crippen LogP contribution is 2.35. The lowest BCUT2D eigenvalue weighted by Gasteiger charge is -2.35. The second-order valence-corrected chi connectivity index (χ2v) is 5.77. The molecule has 0 radical (unpaired) electrons. The Morgan fingerprint density at radius 3 is 2.76 bits per heavy atom. The molecule has 0 bridgehead atoms. The Bertz CT molecular complexity index is 702. The molecule has 3 rings (SSSR count). The number of anilines is 1. The van der Waals surface area contributed by atoms with Gasteiger partial charge in [-0.25, -0.2) is 0 Å². The molecule has 1 aliphatic heterocycles. The Morgan fingerprint density at radius 2 is 2.00 bits per heavy atom. The molecule has 0 saturated heterocycles. The van der Waals surface area contributed by atoms with Crippen LogP contribution in [-0.4, -0.2) is 18.6 Å². The molecular weight excluding hydrogens is 309 g/mol. The lowest BCUT2D eigenvalue weighted by molar-refractivity contribution is 0.0961. The lowest BCUT2D eigenvalue weighted by atomic mass is 10.1. The van der Waals surface area contributed by atoms with Gasteiger partial charge in [-0.1, -0.05) is 35.3 Å². The van der Waals surface area contributed by atoms with Crippen molar-refractivity contribution >= 4 is 34.8 Å². The van der Waals surface area contributed by atoms with E-state index >= 15 is 0 Å². The van der Waals surface area contributed by atoms with Gasteiger partial charge in [-0.05, 0) is 37.3 Å². The zero-order valence-corrected chi connectivity index (χ0v) is 12.9. The first-order valence-electron chi connectivity index (χ1n) is 6.58.